The highest BCUT2D eigenvalue weighted by atomic mass is 31.2. The van der Waals surface area contributed by atoms with Crippen molar-refractivity contribution in [2.24, 2.45) is 11.8 Å². The molecular formula is C47H83O11P. The fraction of sp³-hybridized carbons (Fsp3) is 0.809. The van der Waals surface area contributed by atoms with Crippen LogP contribution in [0.5, 0.6) is 0 Å². The van der Waals surface area contributed by atoms with Crippen molar-refractivity contribution in [3.63, 3.8) is 0 Å². The minimum Gasteiger partial charge on any atom is -0.462 e. The van der Waals surface area contributed by atoms with Crippen LogP contribution in [0.2, 0.25) is 0 Å². The van der Waals surface area contributed by atoms with Crippen molar-refractivity contribution in [1.82, 2.24) is 0 Å². The van der Waals surface area contributed by atoms with Gasteiger partial charge in [-0.15, -0.1) is 0 Å². The standard InChI is InChI=1S/C47H83O11P/c1-3-5-7-8-9-10-11-12-13-14-15-16-17-18-19-20-21-22-23-24-29-33-46(51)56-38-41(39-57-59(53,54)55)58-47(52)34-30-26-25-28-32-42-43(45(50)37-44(42)49)36-35-40(48)31-27-6-4-2/h12-13,25,28,35-36,40-43,45,48,50H,3-11,14-24,26-27,29-34,37-39H2,1-2H3,(H2,53,54,55)/b13-12-,28-25-,36-35+/t40-,41+,42+,43+,45+/m0/s1. The molecule has 0 aliphatic heterocycles. The number of Topliss-reactive ketones (excluding diaryl/α,β-unsaturated/α-hetero) is 1. The van der Waals surface area contributed by atoms with Gasteiger partial charge < -0.3 is 29.5 Å². The number of esters is 2. The topological polar surface area (TPSA) is 177 Å². The molecule has 0 aromatic rings. The summed E-state index contributed by atoms with van der Waals surface area (Å²) < 4.78 is 26.4. The molecule has 0 spiro atoms. The first-order valence-electron chi connectivity index (χ1n) is 23.4. The Morgan fingerprint density at radius 3 is 1.80 bits per heavy atom. The van der Waals surface area contributed by atoms with Gasteiger partial charge in [0.25, 0.3) is 0 Å². The second-order valence-corrected chi connectivity index (χ2v) is 17.7. The van der Waals surface area contributed by atoms with Gasteiger partial charge in [0.2, 0.25) is 0 Å². The van der Waals surface area contributed by atoms with Gasteiger partial charge in [0.15, 0.2) is 6.10 Å². The zero-order valence-electron chi connectivity index (χ0n) is 36.9. The van der Waals surface area contributed by atoms with Crippen molar-refractivity contribution in [1.29, 1.82) is 0 Å². The van der Waals surface area contributed by atoms with E-state index < -0.39 is 44.7 Å². The lowest BCUT2D eigenvalue weighted by atomic mass is 9.90. The van der Waals surface area contributed by atoms with E-state index >= 15 is 0 Å². The molecule has 5 atom stereocenters. The molecular weight excluding hydrogens is 771 g/mol. The molecule has 342 valence electrons. The molecule has 4 N–H and O–H groups in total. The Kier molecular flexibility index (Phi) is 34.0. The van der Waals surface area contributed by atoms with E-state index in [-0.39, 0.29) is 43.5 Å². The van der Waals surface area contributed by atoms with E-state index in [9.17, 15) is 29.2 Å². The summed E-state index contributed by atoms with van der Waals surface area (Å²) in [6.07, 6.45) is 38.0. The summed E-state index contributed by atoms with van der Waals surface area (Å²) in [5.74, 6) is -1.83. The molecule has 1 aliphatic rings. The molecule has 1 aliphatic carbocycles. The number of phosphoric acid groups is 1. The van der Waals surface area contributed by atoms with Crippen molar-refractivity contribution in [3.05, 3.63) is 36.5 Å². The van der Waals surface area contributed by atoms with Crippen molar-refractivity contribution in [3.8, 4) is 0 Å². The summed E-state index contributed by atoms with van der Waals surface area (Å²) in [5, 5.41) is 20.6. The van der Waals surface area contributed by atoms with E-state index in [4.69, 9.17) is 19.3 Å². The summed E-state index contributed by atoms with van der Waals surface area (Å²) >= 11 is 0. The molecule has 0 bridgehead atoms. The van der Waals surface area contributed by atoms with Crippen molar-refractivity contribution in [2.45, 2.75) is 218 Å². The van der Waals surface area contributed by atoms with E-state index in [1.807, 2.05) is 12.2 Å². The van der Waals surface area contributed by atoms with Crippen LogP contribution in [0.25, 0.3) is 0 Å². The number of aliphatic hydroxyl groups excluding tert-OH is 2. The smallest absolute Gasteiger partial charge is 0.462 e. The minimum absolute atomic E-state index is 0.0142. The number of aliphatic hydroxyl groups is 2. The Morgan fingerprint density at radius 2 is 1.20 bits per heavy atom. The lowest BCUT2D eigenvalue weighted by Crippen LogP contribution is -2.29. The van der Waals surface area contributed by atoms with Gasteiger partial charge in [-0.1, -0.05) is 159 Å². The maximum absolute atomic E-state index is 12.5. The third kappa shape index (κ3) is 32.3. The molecule has 0 amide bonds. The van der Waals surface area contributed by atoms with Crippen molar-refractivity contribution >= 4 is 25.5 Å². The normalized spacial score (nSPS) is 18.4. The van der Waals surface area contributed by atoms with Gasteiger partial charge in [-0.05, 0) is 57.8 Å². The molecule has 0 heterocycles. The second-order valence-electron chi connectivity index (χ2n) is 16.5. The molecule has 59 heavy (non-hydrogen) atoms. The van der Waals surface area contributed by atoms with E-state index in [0.717, 1.165) is 38.5 Å². The Morgan fingerprint density at radius 1 is 0.695 bits per heavy atom. The number of phosphoric ester groups is 1. The number of hydrogen-bond acceptors (Lipinski definition) is 9. The quantitative estimate of drug-likeness (QED) is 0.0200. The first-order valence-corrected chi connectivity index (χ1v) is 24.9. The maximum atomic E-state index is 12.5. The average molecular weight is 855 g/mol. The van der Waals surface area contributed by atoms with E-state index in [2.05, 4.69) is 30.5 Å². The Labute approximate surface area is 357 Å². The highest BCUT2D eigenvalue weighted by Crippen LogP contribution is 2.36. The number of ether oxygens (including phenoxy) is 2. The molecule has 1 rings (SSSR count). The second kappa shape index (κ2) is 36.5. The zero-order valence-corrected chi connectivity index (χ0v) is 37.8. The summed E-state index contributed by atoms with van der Waals surface area (Å²) in [6.45, 7) is 3.37. The first kappa shape index (κ1) is 54.9. The predicted molar refractivity (Wildman–Crippen MR) is 235 cm³/mol. The monoisotopic (exact) mass is 855 g/mol. The Hall–Kier alpha value is -2.14. The molecule has 12 heteroatoms. The number of carbonyl (C=O) groups excluding carboxylic acids is 3. The summed E-state index contributed by atoms with van der Waals surface area (Å²) in [6, 6.07) is 0. The van der Waals surface area contributed by atoms with E-state index in [1.165, 1.54) is 96.3 Å². The molecule has 0 saturated heterocycles. The van der Waals surface area contributed by atoms with Crippen LogP contribution in [0.15, 0.2) is 36.5 Å². The highest BCUT2D eigenvalue weighted by molar-refractivity contribution is 7.46. The van der Waals surface area contributed by atoms with Crippen LogP contribution in [0, 0.1) is 11.8 Å². The number of rotatable bonds is 39. The van der Waals surface area contributed by atoms with Gasteiger partial charge in [-0.3, -0.25) is 18.9 Å². The van der Waals surface area contributed by atoms with E-state index in [0.29, 0.717) is 32.1 Å². The maximum Gasteiger partial charge on any atom is 0.469 e. The van der Waals surface area contributed by atoms with Gasteiger partial charge in [-0.2, -0.15) is 0 Å². The van der Waals surface area contributed by atoms with Gasteiger partial charge in [0.1, 0.15) is 12.4 Å². The van der Waals surface area contributed by atoms with Gasteiger partial charge >= 0.3 is 19.8 Å². The lowest BCUT2D eigenvalue weighted by Gasteiger charge is -2.18. The van der Waals surface area contributed by atoms with Crippen molar-refractivity contribution in [2.75, 3.05) is 13.2 Å². The molecule has 0 unspecified atom stereocenters. The largest absolute Gasteiger partial charge is 0.469 e. The van der Waals surface area contributed by atoms with Gasteiger partial charge in [0.05, 0.1) is 18.8 Å². The number of hydrogen-bond donors (Lipinski definition) is 4. The third-order valence-electron chi connectivity index (χ3n) is 11.0. The van der Waals surface area contributed by atoms with Crippen LogP contribution >= 0.6 is 7.82 Å². The molecule has 1 saturated carbocycles. The van der Waals surface area contributed by atoms with Gasteiger partial charge in [0, 0.05) is 31.1 Å². The fourth-order valence-corrected chi connectivity index (χ4v) is 7.77. The molecule has 11 nitrogen and oxygen atoms in total. The SMILES string of the molecule is CCCCCCCC/C=C\CCCCCCCCCCCCCC(=O)OC[C@H](COP(=O)(O)O)OC(=O)CCC/C=C\C[C@H]1C(=O)C[C@@H](O)[C@@H]1/C=C/[C@@H](O)CCCCC. The molecule has 0 radical (unpaired) electrons. The fourth-order valence-electron chi connectivity index (χ4n) is 7.41. The van der Waals surface area contributed by atoms with Crippen LogP contribution in [0.1, 0.15) is 200 Å². The average Bonchev–Trinajstić information content (AvgIpc) is 3.47. The third-order valence-corrected chi connectivity index (χ3v) is 11.5. The van der Waals surface area contributed by atoms with Crippen LogP contribution < -0.4 is 0 Å². The summed E-state index contributed by atoms with van der Waals surface area (Å²) in [5.41, 5.74) is 0. The van der Waals surface area contributed by atoms with Gasteiger partial charge in [-0.25, -0.2) is 4.57 Å². The number of unbranched alkanes of at least 4 members (excludes halogenated alkanes) is 20. The number of allylic oxidation sites excluding steroid dienone is 4. The Balaban J connectivity index is 2.21. The van der Waals surface area contributed by atoms with Crippen molar-refractivity contribution < 1.29 is 52.9 Å². The minimum atomic E-state index is -4.83. The van der Waals surface area contributed by atoms with Crippen LogP contribution in [0.3, 0.4) is 0 Å². The highest BCUT2D eigenvalue weighted by Gasteiger charge is 2.39. The van der Waals surface area contributed by atoms with E-state index in [1.54, 1.807) is 12.2 Å². The van der Waals surface area contributed by atoms with Crippen LogP contribution in [0.4, 0.5) is 0 Å². The Bertz CT molecular complexity index is 1210. The predicted octanol–water partition coefficient (Wildman–Crippen LogP) is 11.1. The zero-order chi connectivity index (χ0) is 43.4. The molecule has 1 fully saturated rings. The first-order chi connectivity index (χ1) is 28.5. The molecule has 0 aromatic heterocycles. The lowest BCUT2D eigenvalue weighted by molar-refractivity contribution is -0.161. The summed E-state index contributed by atoms with van der Waals surface area (Å²) in [4.78, 5) is 55.7. The van der Waals surface area contributed by atoms with Crippen LogP contribution in [-0.2, 0) is 32.9 Å². The number of ketones is 1. The van der Waals surface area contributed by atoms with Crippen LogP contribution in [-0.4, -0.2) is 69.2 Å². The summed E-state index contributed by atoms with van der Waals surface area (Å²) in [7, 11) is -4.83. The molecule has 0 aromatic carbocycles. The number of carbonyl (C=O) groups is 3.